The SMILES string of the molecule is CCOC(=O)C1=C(C)N=c2s/c(=C/c3ccc(OC)cc3)c(=O)n2[C@H]1c1ccc(SC)cc1. The molecule has 1 aromatic heterocycles. The minimum absolute atomic E-state index is 0.192. The van der Waals surface area contributed by atoms with Gasteiger partial charge in [0, 0.05) is 4.90 Å². The average Bonchev–Trinajstić information content (AvgIpc) is 3.13. The molecule has 0 saturated heterocycles. The molecule has 170 valence electrons. The highest BCUT2D eigenvalue weighted by atomic mass is 32.2. The van der Waals surface area contributed by atoms with Crippen molar-refractivity contribution < 1.29 is 14.3 Å². The summed E-state index contributed by atoms with van der Waals surface area (Å²) in [6, 6.07) is 14.8. The fourth-order valence-corrected chi connectivity index (χ4v) is 5.20. The second-order valence-electron chi connectivity index (χ2n) is 7.35. The quantitative estimate of drug-likeness (QED) is 0.399. The monoisotopic (exact) mass is 480 g/mol. The van der Waals surface area contributed by atoms with Gasteiger partial charge < -0.3 is 9.47 Å². The van der Waals surface area contributed by atoms with Crippen LogP contribution in [0.15, 0.2) is 74.5 Å². The molecule has 0 amide bonds. The second-order valence-corrected chi connectivity index (χ2v) is 9.24. The summed E-state index contributed by atoms with van der Waals surface area (Å²) in [4.78, 5) is 32.7. The normalized spacial score (nSPS) is 15.8. The summed E-state index contributed by atoms with van der Waals surface area (Å²) in [5.74, 6) is 0.291. The molecule has 0 saturated carbocycles. The van der Waals surface area contributed by atoms with E-state index in [1.807, 2.05) is 60.9 Å². The van der Waals surface area contributed by atoms with Crippen molar-refractivity contribution in [3.05, 3.63) is 90.6 Å². The Bertz CT molecular complexity index is 1380. The number of hydrogen-bond acceptors (Lipinski definition) is 7. The number of thiazole rings is 1. The summed E-state index contributed by atoms with van der Waals surface area (Å²) in [6.07, 6.45) is 3.84. The van der Waals surface area contributed by atoms with E-state index in [4.69, 9.17) is 9.47 Å². The number of allylic oxidation sites excluding steroid dienone is 1. The third kappa shape index (κ3) is 4.54. The molecule has 33 heavy (non-hydrogen) atoms. The summed E-state index contributed by atoms with van der Waals surface area (Å²) >= 11 is 2.94. The van der Waals surface area contributed by atoms with Gasteiger partial charge in [0.15, 0.2) is 4.80 Å². The molecule has 1 aliphatic rings. The Morgan fingerprint density at radius 3 is 2.48 bits per heavy atom. The van der Waals surface area contributed by atoms with Crippen molar-refractivity contribution in [1.29, 1.82) is 0 Å². The van der Waals surface area contributed by atoms with Crippen molar-refractivity contribution in [3.63, 3.8) is 0 Å². The molecule has 0 spiro atoms. The van der Waals surface area contributed by atoms with Gasteiger partial charge in [0.1, 0.15) is 5.75 Å². The lowest BCUT2D eigenvalue weighted by atomic mass is 9.96. The molecular formula is C25H24N2O4S2. The number of rotatable bonds is 6. The topological polar surface area (TPSA) is 69.9 Å². The van der Waals surface area contributed by atoms with Crippen LogP contribution < -0.4 is 19.6 Å². The Morgan fingerprint density at radius 1 is 1.18 bits per heavy atom. The van der Waals surface area contributed by atoms with Crippen molar-refractivity contribution in [3.8, 4) is 5.75 Å². The first-order valence-corrected chi connectivity index (χ1v) is 12.5. The van der Waals surface area contributed by atoms with Gasteiger partial charge in [-0.15, -0.1) is 11.8 Å². The van der Waals surface area contributed by atoms with Crippen LogP contribution in [0.3, 0.4) is 0 Å². The molecule has 2 heterocycles. The van der Waals surface area contributed by atoms with Gasteiger partial charge in [0.05, 0.1) is 35.6 Å². The Hall–Kier alpha value is -3.10. The van der Waals surface area contributed by atoms with E-state index < -0.39 is 12.0 Å². The molecule has 3 aromatic rings. The van der Waals surface area contributed by atoms with Gasteiger partial charge in [0.25, 0.3) is 5.56 Å². The van der Waals surface area contributed by atoms with Crippen molar-refractivity contribution in [2.24, 2.45) is 4.99 Å². The van der Waals surface area contributed by atoms with Crippen molar-refractivity contribution >= 4 is 35.1 Å². The van der Waals surface area contributed by atoms with E-state index in [1.54, 1.807) is 37.3 Å². The molecule has 2 aromatic carbocycles. The van der Waals surface area contributed by atoms with E-state index in [-0.39, 0.29) is 12.2 Å². The Labute approximate surface area is 199 Å². The maximum atomic E-state index is 13.6. The first-order chi connectivity index (χ1) is 16.0. The standard InChI is InChI=1S/C25H24N2O4S2/c1-5-31-24(29)21-15(2)26-25-27(22(21)17-8-12-19(32-4)13-9-17)23(28)20(33-25)14-16-6-10-18(30-3)11-7-16/h6-14,22H,5H2,1-4H3/b20-14+/t22-/m0/s1. The maximum absolute atomic E-state index is 13.6. The molecule has 1 atom stereocenters. The summed E-state index contributed by atoms with van der Waals surface area (Å²) < 4.78 is 12.7. The Morgan fingerprint density at radius 2 is 1.88 bits per heavy atom. The van der Waals surface area contributed by atoms with Crippen LogP contribution >= 0.6 is 23.1 Å². The maximum Gasteiger partial charge on any atom is 0.338 e. The third-order valence-corrected chi connectivity index (χ3v) is 7.09. The van der Waals surface area contributed by atoms with E-state index in [0.29, 0.717) is 20.6 Å². The largest absolute Gasteiger partial charge is 0.497 e. The zero-order valence-electron chi connectivity index (χ0n) is 18.8. The molecule has 6 nitrogen and oxygen atoms in total. The average molecular weight is 481 g/mol. The highest BCUT2D eigenvalue weighted by Crippen LogP contribution is 2.31. The van der Waals surface area contributed by atoms with Crippen LogP contribution in [-0.4, -0.2) is 30.5 Å². The van der Waals surface area contributed by atoms with Crippen molar-refractivity contribution in [2.75, 3.05) is 20.0 Å². The molecule has 0 unspecified atom stereocenters. The predicted octanol–water partition coefficient (Wildman–Crippen LogP) is 3.53. The Kier molecular flexibility index (Phi) is 6.85. The van der Waals surface area contributed by atoms with Crippen LogP contribution in [0.1, 0.15) is 31.0 Å². The third-order valence-electron chi connectivity index (χ3n) is 5.36. The number of ether oxygens (including phenoxy) is 2. The van der Waals surface area contributed by atoms with Crippen molar-refractivity contribution in [2.45, 2.75) is 24.8 Å². The number of hydrogen-bond donors (Lipinski definition) is 0. The molecule has 4 rings (SSSR count). The lowest BCUT2D eigenvalue weighted by Crippen LogP contribution is -2.39. The second kappa shape index (κ2) is 9.80. The number of aromatic nitrogens is 1. The van der Waals surface area contributed by atoms with Gasteiger partial charge in [-0.2, -0.15) is 0 Å². The lowest BCUT2D eigenvalue weighted by Gasteiger charge is -2.24. The highest BCUT2D eigenvalue weighted by molar-refractivity contribution is 7.98. The van der Waals surface area contributed by atoms with Crippen LogP contribution in [0.5, 0.6) is 5.75 Å². The summed E-state index contributed by atoms with van der Waals surface area (Å²) in [5, 5.41) is 0. The van der Waals surface area contributed by atoms with E-state index in [1.165, 1.54) is 11.3 Å². The minimum atomic E-state index is -0.603. The van der Waals surface area contributed by atoms with Gasteiger partial charge in [-0.3, -0.25) is 9.36 Å². The number of carbonyl (C=O) groups is 1. The number of esters is 1. The van der Waals surface area contributed by atoms with Crippen molar-refractivity contribution in [1.82, 2.24) is 4.57 Å². The van der Waals surface area contributed by atoms with E-state index in [0.717, 1.165) is 21.8 Å². The predicted molar refractivity (Wildman–Crippen MR) is 132 cm³/mol. The highest BCUT2D eigenvalue weighted by Gasteiger charge is 2.33. The van der Waals surface area contributed by atoms with E-state index in [2.05, 4.69) is 4.99 Å². The number of thioether (sulfide) groups is 1. The molecule has 0 radical (unpaired) electrons. The van der Waals surface area contributed by atoms with E-state index >= 15 is 0 Å². The molecule has 0 aliphatic carbocycles. The van der Waals surface area contributed by atoms with Crippen LogP contribution in [0, 0.1) is 0 Å². The number of fused-ring (bicyclic) bond motifs is 1. The fourth-order valence-electron chi connectivity index (χ4n) is 3.74. The smallest absolute Gasteiger partial charge is 0.338 e. The lowest BCUT2D eigenvalue weighted by molar-refractivity contribution is -0.139. The van der Waals surface area contributed by atoms with Gasteiger partial charge in [-0.1, -0.05) is 35.6 Å². The molecule has 0 N–H and O–H groups in total. The molecule has 1 aliphatic heterocycles. The summed E-state index contributed by atoms with van der Waals surface area (Å²) in [5.41, 5.74) is 2.47. The van der Waals surface area contributed by atoms with E-state index in [9.17, 15) is 9.59 Å². The van der Waals surface area contributed by atoms with Crippen LogP contribution in [0.25, 0.3) is 6.08 Å². The number of methoxy groups -OCH3 is 1. The fraction of sp³-hybridized carbons (Fsp3) is 0.240. The number of benzene rings is 2. The van der Waals surface area contributed by atoms with Gasteiger partial charge in [-0.25, -0.2) is 9.79 Å². The van der Waals surface area contributed by atoms with Gasteiger partial charge >= 0.3 is 5.97 Å². The van der Waals surface area contributed by atoms with Gasteiger partial charge in [0.2, 0.25) is 0 Å². The molecule has 0 fully saturated rings. The zero-order valence-corrected chi connectivity index (χ0v) is 20.5. The Balaban J connectivity index is 1.90. The van der Waals surface area contributed by atoms with Crippen LogP contribution in [-0.2, 0) is 9.53 Å². The molecule has 8 heteroatoms. The zero-order chi connectivity index (χ0) is 23.5. The summed E-state index contributed by atoms with van der Waals surface area (Å²) in [6.45, 7) is 3.80. The van der Waals surface area contributed by atoms with Crippen LogP contribution in [0.4, 0.5) is 0 Å². The number of nitrogens with zero attached hydrogens (tertiary/aromatic N) is 2. The first kappa shape index (κ1) is 23.1. The van der Waals surface area contributed by atoms with Crippen LogP contribution in [0.2, 0.25) is 0 Å². The summed E-state index contributed by atoms with van der Waals surface area (Å²) in [7, 11) is 1.61. The number of carbonyl (C=O) groups excluding carboxylic acids is 1. The molecule has 0 bridgehead atoms. The van der Waals surface area contributed by atoms with Gasteiger partial charge in [-0.05, 0) is 61.6 Å². The first-order valence-electron chi connectivity index (χ1n) is 10.4. The molecular weight excluding hydrogens is 456 g/mol. The minimum Gasteiger partial charge on any atom is -0.497 e.